The smallest absolute Gasteiger partial charge is 0.248 e. The Morgan fingerprint density at radius 2 is 1.96 bits per heavy atom. The highest BCUT2D eigenvalue weighted by Gasteiger charge is 2.23. The van der Waals surface area contributed by atoms with E-state index < -0.39 is 11.7 Å². The van der Waals surface area contributed by atoms with Gasteiger partial charge in [0.1, 0.15) is 0 Å². The summed E-state index contributed by atoms with van der Waals surface area (Å²) < 4.78 is 14.3. The summed E-state index contributed by atoms with van der Waals surface area (Å²) in [6.45, 7) is 1.76. The molecule has 0 unspecified atom stereocenters. The van der Waals surface area contributed by atoms with Crippen molar-refractivity contribution < 1.29 is 9.18 Å². The monoisotopic (exact) mass is 344 g/mol. The van der Waals surface area contributed by atoms with E-state index in [1.165, 1.54) is 6.08 Å². The van der Waals surface area contributed by atoms with Crippen LogP contribution in [-0.4, -0.2) is 11.9 Å². The standard InChI is InChI=1S/C19H18ClFN2O/c1-12-15(22-14-8-9-14)11-16(19(21)18(12)20)23-17(24)10-7-13-5-3-2-4-6-13/h2-7,10-11,14,22H,8-9H2,1H3,(H,23,24). The highest BCUT2D eigenvalue weighted by Crippen LogP contribution is 2.35. The molecule has 0 saturated heterocycles. The van der Waals surface area contributed by atoms with Crippen LogP contribution in [0.3, 0.4) is 0 Å². The summed E-state index contributed by atoms with van der Waals surface area (Å²) in [5.41, 5.74) is 2.38. The van der Waals surface area contributed by atoms with Crippen molar-refractivity contribution in [3.8, 4) is 0 Å². The average Bonchev–Trinajstić information content (AvgIpc) is 3.40. The number of carbonyl (C=O) groups is 1. The van der Waals surface area contributed by atoms with Crippen molar-refractivity contribution >= 4 is 35.0 Å². The number of anilines is 2. The molecule has 0 atom stereocenters. The molecule has 0 radical (unpaired) electrons. The Balaban J connectivity index is 1.77. The van der Waals surface area contributed by atoms with E-state index in [-0.39, 0.29) is 10.7 Å². The molecule has 1 saturated carbocycles. The van der Waals surface area contributed by atoms with E-state index in [4.69, 9.17) is 11.6 Å². The van der Waals surface area contributed by atoms with E-state index in [1.54, 1.807) is 19.1 Å². The lowest BCUT2D eigenvalue weighted by Crippen LogP contribution is -2.11. The fourth-order valence-electron chi connectivity index (χ4n) is 2.32. The van der Waals surface area contributed by atoms with Crippen LogP contribution in [0.25, 0.3) is 6.08 Å². The predicted molar refractivity (Wildman–Crippen MR) is 96.9 cm³/mol. The first-order valence-electron chi connectivity index (χ1n) is 7.84. The van der Waals surface area contributed by atoms with Gasteiger partial charge in [-0.3, -0.25) is 4.79 Å². The molecule has 5 heteroatoms. The van der Waals surface area contributed by atoms with E-state index in [1.807, 2.05) is 30.3 Å². The van der Waals surface area contributed by atoms with Crippen molar-refractivity contribution in [2.75, 3.05) is 10.6 Å². The summed E-state index contributed by atoms with van der Waals surface area (Å²) in [5.74, 6) is -1.02. The Morgan fingerprint density at radius 3 is 2.62 bits per heavy atom. The second kappa shape index (κ2) is 7.05. The molecule has 124 valence electrons. The van der Waals surface area contributed by atoms with Crippen LogP contribution >= 0.6 is 11.6 Å². The molecule has 1 fully saturated rings. The van der Waals surface area contributed by atoms with Gasteiger partial charge in [0.05, 0.1) is 10.7 Å². The van der Waals surface area contributed by atoms with Gasteiger partial charge in [0.25, 0.3) is 0 Å². The molecule has 2 aromatic carbocycles. The number of carbonyl (C=O) groups excluding carboxylic acids is 1. The highest BCUT2D eigenvalue weighted by molar-refractivity contribution is 6.32. The third kappa shape index (κ3) is 3.95. The molecule has 0 heterocycles. The third-order valence-electron chi connectivity index (χ3n) is 3.87. The number of nitrogens with one attached hydrogen (secondary N) is 2. The first-order valence-corrected chi connectivity index (χ1v) is 8.21. The molecule has 3 nitrogen and oxygen atoms in total. The maximum atomic E-state index is 14.3. The zero-order valence-corrected chi connectivity index (χ0v) is 14.0. The van der Waals surface area contributed by atoms with Crippen molar-refractivity contribution in [2.24, 2.45) is 0 Å². The Kier molecular flexibility index (Phi) is 4.86. The minimum absolute atomic E-state index is 0.0305. The van der Waals surface area contributed by atoms with Crippen LogP contribution in [-0.2, 0) is 4.79 Å². The fraction of sp³-hybridized carbons (Fsp3) is 0.211. The molecular weight excluding hydrogens is 327 g/mol. The van der Waals surface area contributed by atoms with Crippen LogP contribution in [0.15, 0.2) is 42.5 Å². The minimum atomic E-state index is -0.614. The fourth-order valence-corrected chi connectivity index (χ4v) is 2.52. The van der Waals surface area contributed by atoms with Crippen molar-refractivity contribution in [3.63, 3.8) is 0 Å². The lowest BCUT2D eigenvalue weighted by Gasteiger charge is -2.14. The van der Waals surface area contributed by atoms with Crippen molar-refractivity contribution in [1.29, 1.82) is 0 Å². The summed E-state index contributed by atoms with van der Waals surface area (Å²) in [4.78, 5) is 12.1. The normalized spacial score (nSPS) is 14.0. The topological polar surface area (TPSA) is 41.1 Å². The number of halogens is 2. The molecule has 0 aromatic heterocycles. The van der Waals surface area contributed by atoms with Gasteiger partial charge in [-0.15, -0.1) is 0 Å². The van der Waals surface area contributed by atoms with Crippen LogP contribution in [0.5, 0.6) is 0 Å². The Labute approximate surface area is 145 Å². The molecule has 1 amide bonds. The average molecular weight is 345 g/mol. The number of benzene rings is 2. The van der Waals surface area contributed by atoms with Crippen molar-refractivity contribution in [2.45, 2.75) is 25.8 Å². The van der Waals surface area contributed by atoms with E-state index in [9.17, 15) is 9.18 Å². The maximum Gasteiger partial charge on any atom is 0.248 e. The SMILES string of the molecule is Cc1c(NC2CC2)cc(NC(=O)C=Cc2ccccc2)c(F)c1Cl. The quantitative estimate of drug-likeness (QED) is 0.748. The molecule has 2 aromatic rings. The molecule has 3 rings (SSSR count). The van der Waals surface area contributed by atoms with Gasteiger partial charge in [-0.2, -0.15) is 0 Å². The number of hydrogen-bond acceptors (Lipinski definition) is 2. The van der Waals surface area contributed by atoms with Crippen LogP contribution in [0.2, 0.25) is 5.02 Å². The predicted octanol–water partition coefficient (Wildman–Crippen LogP) is 5.01. The molecule has 1 aliphatic carbocycles. The van der Waals surface area contributed by atoms with E-state index in [2.05, 4.69) is 10.6 Å². The summed E-state index contributed by atoms with van der Waals surface area (Å²) in [7, 11) is 0. The highest BCUT2D eigenvalue weighted by atomic mass is 35.5. The van der Waals surface area contributed by atoms with Gasteiger partial charge in [-0.05, 0) is 43.0 Å². The first kappa shape index (κ1) is 16.5. The number of hydrogen-bond donors (Lipinski definition) is 2. The van der Waals surface area contributed by atoms with Gasteiger partial charge in [0, 0.05) is 17.8 Å². The maximum absolute atomic E-state index is 14.3. The van der Waals surface area contributed by atoms with Crippen molar-refractivity contribution in [1.82, 2.24) is 0 Å². The summed E-state index contributed by atoms with van der Waals surface area (Å²) >= 11 is 6.06. The van der Waals surface area contributed by atoms with E-state index >= 15 is 0 Å². The molecule has 2 N–H and O–H groups in total. The van der Waals surface area contributed by atoms with Crippen LogP contribution in [0, 0.1) is 12.7 Å². The minimum Gasteiger partial charge on any atom is -0.382 e. The van der Waals surface area contributed by atoms with E-state index in [0.717, 1.165) is 24.1 Å². The zero-order valence-electron chi connectivity index (χ0n) is 13.3. The molecule has 1 aliphatic rings. The van der Waals surface area contributed by atoms with Gasteiger partial charge in [-0.25, -0.2) is 4.39 Å². The lowest BCUT2D eigenvalue weighted by molar-refractivity contribution is -0.111. The van der Waals surface area contributed by atoms with E-state index in [0.29, 0.717) is 11.6 Å². The van der Waals surface area contributed by atoms with Gasteiger partial charge < -0.3 is 10.6 Å². The summed E-state index contributed by atoms with van der Waals surface area (Å²) in [6, 6.07) is 11.4. The summed E-state index contributed by atoms with van der Waals surface area (Å²) in [6.07, 6.45) is 5.23. The second-order valence-electron chi connectivity index (χ2n) is 5.88. The zero-order chi connectivity index (χ0) is 17.1. The largest absolute Gasteiger partial charge is 0.382 e. The van der Waals surface area contributed by atoms with Gasteiger partial charge in [-0.1, -0.05) is 41.9 Å². The number of rotatable bonds is 5. The Morgan fingerprint density at radius 1 is 1.25 bits per heavy atom. The van der Waals surface area contributed by atoms with Crippen LogP contribution in [0.4, 0.5) is 15.8 Å². The first-order chi connectivity index (χ1) is 11.5. The molecular formula is C19H18ClFN2O. The molecule has 0 bridgehead atoms. The Bertz CT molecular complexity index is 786. The molecule has 0 aliphatic heterocycles. The Hall–Kier alpha value is -2.33. The molecule has 24 heavy (non-hydrogen) atoms. The molecule has 0 spiro atoms. The van der Waals surface area contributed by atoms with Gasteiger partial charge >= 0.3 is 0 Å². The number of amides is 1. The van der Waals surface area contributed by atoms with Gasteiger partial charge in [0.2, 0.25) is 5.91 Å². The van der Waals surface area contributed by atoms with Crippen LogP contribution in [0.1, 0.15) is 24.0 Å². The summed E-state index contributed by atoms with van der Waals surface area (Å²) in [5, 5.41) is 5.89. The van der Waals surface area contributed by atoms with Crippen LogP contribution < -0.4 is 10.6 Å². The third-order valence-corrected chi connectivity index (χ3v) is 4.32. The lowest BCUT2D eigenvalue weighted by atomic mass is 10.1. The van der Waals surface area contributed by atoms with Gasteiger partial charge in [0.15, 0.2) is 5.82 Å². The second-order valence-corrected chi connectivity index (χ2v) is 6.25. The van der Waals surface area contributed by atoms with Crippen molar-refractivity contribution in [3.05, 3.63) is 64.4 Å².